The van der Waals surface area contributed by atoms with Gasteiger partial charge in [-0.2, -0.15) is 10.4 Å². The first-order valence-electron chi connectivity index (χ1n) is 10.6. The van der Waals surface area contributed by atoms with Gasteiger partial charge in [-0.05, 0) is 43.4 Å². The molecule has 0 aliphatic carbocycles. The standard InChI is InChI=1S/C22H25N5O3/c23-13-15-3-4-16-2-1-8-26(20(16)12-15)21-18-14-25(22(28)29)9-5-19(18)27(24-21)17-6-10-30-11-7-17/h3-4,12,17H,1-2,5-11,14H2,(H,28,29). The molecule has 0 radical (unpaired) electrons. The molecule has 2 aromatic rings. The van der Waals surface area contributed by atoms with Crippen LogP contribution in [0.25, 0.3) is 0 Å². The van der Waals surface area contributed by atoms with Crippen LogP contribution in [-0.4, -0.2) is 52.2 Å². The fourth-order valence-corrected chi connectivity index (χ4v) is 4.90. The van der Waals surface area contributed by atoms with Gasteiger partial charge < -0.3 is 19.6 Å². The van der Waals surface area contributed by atoms with E-state index in [2.05, 4.69) is 15.7 Å². The fraction of sp³-hybridized carbons (Fsp3) is 0.500. The van der Waals surface area contributed by atoms with E-state index in [0.717, 1.165) is 68.2 Å². The molecule has 8 heteroatoms. The molecule has 30 heavy (non-hydrogen) atoms. The van der Waals surface area contributed by atoms with Crippen LogP contribution in [0.3, 0.4) is 0 Å². The summed E-state index contributed by atoms with van der Waals surface area (Å²) in [4.78, 5) is 15.3. The fourth-order valence-electron chi connectivity index (χ4n) is 4.90. The highest BCUT2D eigenvalue weighted by molar-refractivity contribution is 5.71. The van der Waals surface area contributed by atoms with Crippen molar-refractivity contribution in [2.45, 2.75) is 44.7 Å². The monoisotopic (exact) mass is 407 g/mol. The maximum absolute atomic E-state index is 11.7. The third-order valence-corrected chi connectivity index (χ3v) is 6.46. The van der Waals surface area contributed by atoms with E-state index in [1.54, 1.807) is 0 Å². The lowest BCUT2D eigenvalue weighted by atomic mass is 9.98. The molecule has 1 amide bonds. The van der Waals surface area contributed by atoms with Gasteiger partial charge in [-0.15, -0.1) is 0 Å². The van der Waals surface area contributed by atoms with Crippen molar-refractivity contribution < 1.29 is 14.6 Å². The number of aryl methyl sites for hydroxylation is 1. The second-order valence-electron chi connectivity index (χ2n) is 8.20. The smallest absolute Gasteiger partial charge is 0.407 e. The number of hydrogen-bond acceptors (Lipinski definition) is 5. The molecule has 4 heterocycles. The Morgan fingerprint density at radius 1 is 1.23 bits per heavy atom. The van der Waals surface area contributed by atoms with Crippen LogP contribution in [-0.2, 0) is 24.1 Å². The number of amides is 1. The van der Waals surface area contributed by atoms with Crippen LogP contribution >= 0.6 is 0 Å². The Morgan fingerprint density at radius 3 is 2.83 bits per heavy atom. The van der Waals surface area contributed by atoms with Crippen LogP contribution in [0.15, 0.2) is 18.2 Å². The van der Waals surface area contributed by atoms with Crippen molar-refractivity contribution in [1.82, 2.24) is 14.7 Å². The van der Waals surface area contributed by atoms with Crippen LogP contribution < -0.4 is 4.90 Å². The van der Waals surface area contributed by atoms with Gasteiger partial charge in [0.2, 0.25) is 0 Å². The maximum Gasteiger partial charge on any atom is 0.407 e. The van der Waals surface area contributed by atoms with Gasteiger partial charge in [-0.25, -0.2) is 4.79 Å². The summed E-state index contributed by atoms with van der Waals surface area (Å²) in [6.07, 6.45) is 3.60. The van der Waals surface area contributed by atoms with Gasteiger partial charge in [-0.3, -0.25) is 4.68 Å². The summed E-state index contributed by atoms with van der Waals surface area (Å²) in [6.45, 7) is 3.12. The number of nitriles is 1. The van der Waals surface area contributed by atoms with Gasteiger partial charge in [0.05, 0.1) is 24.2 Å². The molecule has 0 saturated carbocycles. The topological polar surface area (TPSA) is 94.6 Å². The summed E-state index contributed by atoms with van der Waals surface area (Å²) in [6, 6.07) is 8.36. The highest BCUT2D eigenvalue weighted by Crippen LogP contribution is 2.39. The van der Waals surface area contributed by atoms with Crippen LogP contribution in [0.4, 0.5) is 16.3 Å². The number of carbonyl (C=O) groups is 1. The van der Waals surface area contributed by atoms with E-state index in [1.165, 1.54) is 10.5 Å². The zero-order chi connectivity index (χ0) is 20.7. The van der Waals surface area contributed by atoms with Crippen molar-refractivity contribution in [2.75, 3.05) is 31.2 Å². The maximum atomic E-state index is 11.7. The molecule has 0 bridgehead atoms. The van der Waals surface area contributed by atoms with Crippen molar-refractivity contribution in [3.63, 3.8) is 0 Å². The van der Waals surface area contributed by atoms with Gasteiger partial charge in [0.1, 0.15) is 0 Å². The molecule has 1 aromatic carbocycles. The molecule has 1 saturated heterocycles. The molecule has 1 fully saturated rings. The van der Waals surface area contributed by atoms with E-state index in [4.69, 9.17) is 9.84 Å². The average Bonchev–Trinajstić information content (AvgIpc) is 3.17. The SMILES string of the molecule is N#Cc1ccc2c(c1)N(c1nn(C3CCOCC3)c3c1CN(C(=O)O)CC3)CCC2. The first-order valence-corrected chi connectivity index (χ1v) is 10.6. The summed E-state index contributed by atoms with van der Waals surface area (Å²) in [5.74, 6) is 0.846. The number of hydrogen-bond donors (Lipinski definition) is 1. The molecule has 3 aliphatic rings. The Morgan fingerprint density at radius 2 is 2.07 bits per heavy atom. The highest BCUT2D eigenvalue weighted by atomic mass is 16.5. The Balaban J connectivity index is 1.61. The largest absolute Gasteiger partial charge is 0.465 e. The van der Waals surface area contributed by atoms with Crippen molar-refractivity contribution in [1.29, 1.82) is 5.26 Å². The average molecular weight is 407 g/mol. The summed E-state index contributed by atoms with van der Waals surface area (Å²) in [5.41, 5.74) is 5.02. The number of carboxylic acid groups (broad SMARTS) is 1. The minimum Gasteiger partial charge on any atom is -0.465 e. The Hall–Kier alpha value is -3.05. The normalized spacial score (nSPS) is 19.2. The minimum absolute atomic E-state index is 0.285. The van der Waals surface area contributed by atoms with E-state index in [-0.39, 0.29) is 6.04 Å². The molecule has 0 unspecified atom stereocenters. The summed E-state index contributed by atoms with van der Waals surface area (Å²) in [5, 5.41) is 24.0. The van der Waals surface area contributed by atoms with Crippen LogP contribution in [0.5, 0.6) is 0 Å². The van der Waals surface area contributed by atoms with E-state index in [9.17, 15) is 15.2 Å². The van der Waals surface area contributed by atoms with Crippen molar-refractivity contribution in [2.24, 2.45) is 0 Å². The first kappa shape index (κ1) is 18.9. The number of aromatic nitrogens is 2. The van der Waals surface area contributed by atoms with Crippen LogP contribution in [0.2, 0.25) is 0 Å². The lowest BCUT2D eigenvalue weighted by Crippen LogP contribution is -2.36. The predicted molar refractivity (Wildman–Crippen MR) is 110 cm³/mol. The quantitative estimate of drug-likeness (QED) is 0.821. The van der Waals surface area contributed by atoms with Crippen molar-refractivity contribution in [3.05, 3.63) is 40.6 Å². The third kappa shape index (κ3) is 3.19. The van der Waals surface area contributed by atoms with Gasteiger partial charge in [0.15, 0.2) is 5.82 Å². The van der Waals surface area contributed by atoms with Crippen LogP contribution in [0, 0.1) is 11.3 Å². The van der Waals surface area contributed by atoms with Crippen molar-refractivity contribution in [3.8, 4) is 6.07 Å². The molecule has 1 aromatic heterocycles. The number of anilines is 2. The molecular weight excluding hydrogens is 382 g/mol. The number of rotatable bonds is 2. The number of fused-ring (bicyclic) bond motifs is 2. The Kier molecular flexibility index (Phi) is 4.83. The summed E-state index contributed by atoms with van der Waals surface area (Å²) in [7, 11) is 0. The van der Waals surface area contributed by atoms with Crippen molar-refractivity contribution >= 4 is 17.6 Å². The molecule has 3 aliphatic heterocycles. The molecule has 0 spiro atoms. The molecule has 156 valence electrons. The first-order chi connectivity index (χ1) is 14.7. The second kappa shape index (κ2) is 7.65. The minimum atomic E-state index is -0.892. The van der Waals surface area contributed by atoms with E-state index in [0.29, 0.717) is 25.1 Å². The van der Waals surface area contributed by atoms with Gasteiger partial charge >= 0.3 is 6.09 Å². The number of benzene rings is 1. The molecule has 8 nitrogen and oxygen atoms in total. The third-order valence-electron chi connectivity index (χ3n) is 6.46. The molecule has 1 N–H and O–H groups in total. The Labute approximate surface area is 175 Å². The predicted octanol–water partition coefficient (Wildman–Crippen LogP) is 3.23. The van der Waals surface area contributed by atoms with Gasteiger partial charge in [0.25, 0.3) is 0 Å². The second-order valence-corrected chi connectivity index (χ2v) is 8.20. The molecule has 0 atom stereocenters. The van der Waals surface area contributed by atoms with Crippen LogP contribution in [0.1, 0.15) is 47.7 Å². The molecular formula is C22H25N5O3. The lowest BCUT2D eigenvalue weighted by Gasteiger charge is -2.32. The summed E-state index contributed by atoms with van der Waals surface area (Å²) >= 11 is 0. The zero-order valence-electron chi connectivity index (χ0n) is 16.9. The van der Waals surface area contributed by atoms with E-state index < -0.39 is 6.09 Å². The summed E-state index contributed by atoms with van der Waals surface area (Å²) < 4.78 is 7.69. The highest BCUT2D eigenvalue weighted by Gasteiger charge is 2.33. The zero-order valence-corrected chi connectivity index (χ0v) is 16.9. The van der Waals surface area contributed by atoms with E-state index >= 15 is 0 Å². The molecule has 5 rings (SSSR count). The van der Waals surface area contributed by atoms with Gasteiger partial charge in [0, 0.05) is 49.7 Å². The number of ether oxygens (including phenoxy) is 1. The number of nitrogens with zero attached hydrogens (tertiary/aromatic N) is 5. The van der Waals surface area contributed by atoms with E-state index in [1.807, 2.05) is 18.2 Å². The van der Waals surface area contributed by atoms with Gasteiger partial charge in [-0.1, -0.05) is 6.07 Å². The lowest BCUT2D eigenvalue weighted by molar-refractivity contribution is 0.0650. The Bertz CT molecular complexity index is 1020.